The molecule has 2 N–H and O–H groups in total. The zero-order valence-electron chi connectivity index (χ0n) is 16.4. The maximum atomic E-state index is 12.4. The molecule has 1 unspecified atom stereocenters. The molecule has 0 radical (unpaired) electrons. The molecular weight excluding hydrogens is 348 g/mol. The van der Waals surface area contributed by atoms with Crippen LogP contribution < -0.4 is 29.2 Å². The Hall–Kier alpha value is -2.93. The van der Waals surface area contributed by atoms with E-state index < -0.39 is 0 Å². The van der Waals surface area contributed by atoms with Crippen molar-refractivity contribution in [1.29, 1.82) is 0 Å². The molecule has 2 rings (SSSR count). The van der Waals surface area contributed by atoms with Crippen LogP contribution in [0.2, 0.25) is 0 Å². The fraction of sp³-hybridized carbons (Fsp3) is 0.350. The van der Waals surface area contributed by atoms with Gasteiger partial charge in [-0.2, -0.15) is 0 Å². The van der Waals surface area contributed by atoms with Gasteiger partial charge in [-0.15, -0.1) is 0 Å². The number of amides is 1. The molecule has 27 heavy (non-hydrogen) atoms. The molecule has 0 bridgehead atoms. The SMILES string of the molecule is COc1ccc(C[NH+](C)CC(=O)Nc2ccc(OC)cc2OC)c(OC)c1. The summed E-state index contributed by atoms with van der Waals surface area (Å²) >= 11 is 0. The molecule has 7 nitrogen and oxygen atoms in total. The van der Waals surface area contributed by atoms with Crippen LogP contribution in [0.3, 0.4) is 0 Å². The second kappa shape index (κ2) is 9.68. The van der Waals surface area contributed by atoms with Crippen molar-refractivity contribution in [3.05, 3.63) is 42.0 Å². The zero-order chi connectivity index (χ0) is 19.8. The van der Waals surface area contributed by atoms with Crippen LogP contribution in [0.25, 0.3) is 0 Å². The highest BCUT2D eigenvalue weighted by atomic mass is 16.5. The summed E-state index contributed by atoms with van der Waals surface area (Å²) in [7, 11) is 8.32. The summed E-state index contributed by atoms with van der Waals surface area (Å²) in [5.74, 6) is 2.59. The van der Waals surface area contributed by atoms with Crippen molar-refractivity contribution in [3.63, 3.8) is 0 Å². The average Bonchev–Trinajstić information content (AvgIpc) is 2.68. The van der Waals surface area contributed by atoms with Gasteiger partial charge in [-0.25, -0.2) is 0 Å². The summed E-state index contributed by atoms with van der Waals surface area (Å²) in [5.41, 5.74) is 1.61. The van der Waals surface area contributed by atoms with Crippen LogP contribution in [0, 0.1) is 0 Å². The number of benzene rings is 2. The summed E-state index contributed by atoms with van der Waals surface area (Å²) in [6, 6.07) is 10.9. The van der Waals surface area contributed by atoms with Gasteiger partial charge in [-0.1, -0.05) is 0 Å². The molecule has 0 saturated carbocycles. The van der Waals surface area contributed by atoms with Crippen LogP contribution in [0.15, 0.2) is 36.4 Å². The summed E-state index contributed by atoms with van der Waals surface area (Å²) in [6.07, 6.45) is 0. The third-order valence-corrected chi connectivity index (χ3v) is 4.13. The van der Waals surface area contributed by atoms with E-state index in [4.69, 9.17) is 18.9 Å². The van der Waals surface area contributed by atoms with E-state index in [1.807, 2.05) is 25.2 Å². The smallest absolute Gasteiger partial charge is 0.279 e. The highest BCUT2D eigenvalue weighted by molar-refractivity contribution is 5.93. The topological polar surface area (TPSA) is 70.5 Å². The molecule has 2 aromatic rings. The molecule has 0 saturated heterocycles. The molecule has 0 spiro atoms. The maximum Gasteiger partial charge on any atom is 0.279 e. The van der Waals surface area contributed by atoms with E-state index in [-0.39, 0.29) is 5.91 Å². The van der Waals surface area contributed by atoms with Crippen LogP contribution in [-0.2, 0) is 11.3 Å². The van der Waals surface area contributed by atoms with Gasteiger partial charge in [0, 0.05) is 17.7 Å². The summed E-state index contributed by atoms with van der Waals surface area (Å²) in [5, 5.41) is 2.88. The quantitative estimate of drug-likeness (QED) is 0.693. The number of carbonyl (C=O) groups excluding carboxylic acids is 1. The van der Waals surface area contributed by atoms with E-state index in [1.165, 1.54) is 0 Å². The Bertz CT molecular complexity index is 779. The average molecular weight is 375 g/mol. The molecular formula is C20H27N2O5+. The number of rotatable bonds is 9. The van der Waals surface area contributed by atoms with Gasteiger partial charge in [0.15, 0.2) is 6.54 Å². The predicted octanol–water partition coefficient (Wildman–Crippen LogP) is 1.37. The van der Waals surface area contributed by atoms with E-state index in [2.05, 4.69) is 5.32 Å². The Balaban J connectivity index is 2.00. The maximum absolute atomic E-state index is 12.4. The number of hydrogen-bond acceptors (Lipinski definition) is 5. The van der Waals surface area contributed by atoms with Crippen molar-refractivity contribution in [2.45, 2.75) is 6.54 Å². The van der Waals surface area contributed by atoms with Gasteiger partial charge in [0.25, 0.3) is 5.91 Å². The van der Waals surface area contributed by atoms with Crippen LogP contribution in [-0.4, -0.2) is 47.9 Å². The minimum absolute atomic E-state index is 0.108. The number of ether oxygens (including phenoxy) is 4. The number of hydrogen-bond donors (Lipinski definition) is 2. The third kappa shape index (κ3) is 5.52. The fourth-order valence-electron chi connectivity index (χ4n) is 2.76. The van der Waals surface area contributed by atoms with E-state index >= 15 is 0 Å². The lowest BCUT2D eigenvalue weighted by Crippen LogP contribution is -3.08. The lowest BCUT2D eigenvalue weighted by molar-refractivity contribution is -0.885. The molecule has 2 aromatic carbocycles. The molecule has 1 atom stereocenters. The van der Waals surface area contributed by atoms with Crippen molar-refractivity contribution in [2.24, 2.45) is 0 Å². The van der Waals surface area contributed by atoms with Crippen molar-refractivity contribution in [1.82, 2.24) is 0 Å². The predicted molar refractivity (Wildman–Crippen MR) is 103 cm³/mol. The number of nitrogens with one attached hydrogen (secondary N) is 2. The van der Waals surface area contributed by atoms with Crippen LogP contribution in [0.4, 0.5) is 5.69 Å². The van der Waals surface area contributed by atoms with E-state index in [1.54, 1.807) is 46.6 Å². The first-order chi connectivity index (χ1) is 13.0. The lowest BCUT2D eigenvalue weighted by atomic mass is 10.2. The van der Waals surface area contributed by atoms with Crippen molar-refractivity contribution >= 4 is 11.6 Å². The monoisotopic (exact) mass is 375 g/mol. The second-order valence-electron chi connectivity index (χ2n) is 6.10. The summed E-state index contributed by atoms with van der Waals surface area (Å²) < 4.78 is 21.1. The second-order valence-corrected chi connectivity index (χ2v) is 6.10. The number of carbonyl (C=O) groups is 1. The van der Waals surface area contributed by atoms with Gasteiger partial charge in [-0.3, -0.25) is 4.79 Å². The highest BCUT2D eigenvalue weighted by Gasteiger charge is 2.16. The number of quaternary nitrogens is 1. The van der Waals surface area contributed by atoms with Crippen LogP contribution in [0.1, 0.15) is 5.56 Å². The normalized spacial score (nSPS) is 11.4. The van der Waals surface area contributed by atoms with Gasteiger partial charge in [0.1, 0.15) is 29.5 Å². The molecule has 0 aromatic heterocycles. The number of anilines is 1. The molecule has 0 fully saturated rings. The van der Waals surface area contributed by atoms with E-state index in [9.17, 15) is 4.79 Å². The minimum atomic E-state index is -0.108. The molecule has 0 aliphatic carbocycles. The van der Waals surface area contributed by atoms with Gasteiger partial charge in [0.05, 0.1) is 41.2 Å². The van der Waals surface area contributed by atoms with E-state index in [0.717, 1.165) is 22.0 Å². The fourth-order valence-corrected chi connectivity index (χ4v) is 2.76. The van der Waals surface area contributed by atoms with Gasteiger partial charge >= 0.3 is 0 Å². The molecule has 0 aliphatic rings. The molecule has 0 heterocycles. The molecule has 146 valence electrons. The summed E-state index contributed by atoms with van der Waals surface area (Å²) in [6.45, 7) is 0.935. The largest absolute Gasteiger partial charge is 0.497 e. The number of likely N-dealkylation sites (N-methyl/N-ethyl adjacent to an activating group) is 1. The van der Waals surface area contributed by atoms with E-state index in [0.29, 0.717) is 30.3 Å². The Kier molecular flexibility index (Phi) is 7.31. The first-order valence-corrected chi connectivity index (χ1v) is 8.54. The Labute approximate surface area is 159 Å². The minimum Gasteiger partial charge on any atom is -0.497 e. The zero-order valence-corrected chi connectivity index (χ0v) is 16.4. The van der Waals surface area contributed by atoms with Crippen LogP contribution in [0.5, 0.6) is 23.0 Å². The summed E-state index contributed by atoms with van der Waals surface area (Å²) in [4.78, 5) is 13.4. The van der Waals surface area contributed by atoms with Crippen molar-refractivity contribution in [2.75, 3.05) is 47.3 Å². The van der Waals surface area contributed by atoms with Gasteiger partial charge < -0.3 is 29.2 Å². The van der Waals surface area contributed by atoms with Gasteiger partial charge in [-0.05, 0) is 24.3 Å². The Morgan fingerprint density at radius 2 is 1.48 bits per heavy atom. The lowest BCUT2D eigenvalue weighted by Gasteiger charge is -2.17. The highest BCUT2D eigenvalue weighted by Crippen LogP contribution is 2.28. The van der Waals surface area contributed by atoms with Gasteiger partial charge in [0.2, 0.25) is 0 Å². The first kappa shape index (κ1) is 20.4. The van der Waals surface area contributed by atoms with Crippen molar-refractivity contribution in [3.8, 4) is 23.0 Å². The van der Waals surface area contributed by atoms with Crippen LogP contribution >= 0.6 is 0 Å². The first-order valence-electron chi connectivity index (χ1n) is 8.54. The molecule has 1 amide bonds. The molecule has 0 aliphatic heterocycles. The van der Waals surface area contributed by atoms with Crippen molar-refractivity contribution < 1.29 is 28.6 Å². The Morgan fingerprint density at radius 3 is 2.07 bits per heavy atom. The molecule has 7 heteroatoms. The Morgan fingerprint density at radius 1 is 0.889 bits per heavy atom. The number of methoxy groups -OCH3 is 4. The third-order valence-electron chi connectivity index (χ3n) is 4.13. The standard InChI is InChI=1S/C20H26N2O5/c1-22(12-14-6-7-15(24-2)10-18(14)26-4)13-20(23)21-17-9-8-16(25-3)11-19(17)27-5/h6-11H,12-13H2,1-5H3,(H,21,23)/p+1.